The molecule has 2 N–H and O–H groups in total. The van der Waals surface area contributed by atoms with Crippen LogP contribution in [-0.4, -0.2) is 24.7 Å². The van der Waals surface area contributed by atoms with E-state index < -0.39 is 0 Å². The van der Waals surface area contributed by atoms with E-state index in [4.69, 9.17) is 20.3 Å². The second-order valence-corrected chi connectivity index (χ2v) is 6.61. The molecular weight excluding hydrogens is 340 g/mol. The van der Waals surface area contributed by atoms with Crippen molar-refractivity contribution in [2.75, 3.05) is 7.11 Å². The number of methoxy groups -OCH3 is 1. The fraction of sp³-hybridized carbons (Fsp3) is 0.318. The molecule has 2 aromatic rings. The minimum atomic E-state index is -0.147. The zero-order valence-electron chi connectivity index (χ0n) is 16.5. The molecule has 0 aliphatic heterocycles. The normalized spacial score (nSPS) is 10.6. The monoisotopic (exact) mass is 366 g/mol. The minimum absolute atomic E-state index is 0.0633. The fourth-order valence-corrected chi connectivity index (χ4v) is 2.97. The number of carbonyl (C=O) groups excluding carboxylic acids is 1. The van der Waals surface area contributed by atoms with Crippen LogP contribution in [0.15, 0.2) is 36.4 Å². The molecule has 5 nitrogen and oxygen atoms in total. The Morgan fingerprint density at radius 1 is 1.15 bits per heavy atom. The van der Waals surface area contributed by atoms with E-state index in [1.807, 2.05) is 45.0 Å². The molecule has 27 heavy (non-hydrogen) atoms. The van der Waals surface area contributed by atoms with Crippen LogP contribution >= 0.6 is 0 Å². The molecule has 0 unspecified atom stereocenters. The highest BCUT2D eigenvalue weighted by molar-refractivity contribution is 6.05. The van der Waals surface area contributed by atoms with E-state index in [0.717, 1.165) is 28.7 Å². The van der Waals surface area contributed by atoms with Crippen molar-refractivity contribution < 1.29 is 14.3 Å². The first-order valence-corrected chi connectivity index (χ1v) is 8.96. The zero-order valence-corrected chi connectivity index (χ0v) is 16.5. The van der Waals surface area contributed by atoms with Crippen molar-refractivity contribution in [2.45, 2.75) is 34.1 Å². The first kappa shape index (κ1) is 20.4. The Kier molecular flexibility index (Phi) is 6.50. The number of hydrogen-bond acceptors (Lipinski definition) is 5. The second-order valence-electron chi connectivity index (χ2n) is 6.61. The van der Waals surface area contributed by atoms with Gasteiger partial charge in [0.1, 0.15) is 5.75 Å². The number of hydrogen-bond donors (Lipinski definition) is 2. The molecule has 142 valence electrons. The van der Waals surface area contributed by atoms with Gasteiger partial charge in [-0.1, -0.05) is 45.0 Å². The largest absolute Gasteiger partial charge is 0.496 e. The number of nitrogens with one attached hydrogen (secondary N) is 2. The van der Waals surface area contributed by atoms with Crippen LogP contribution < -0.4 is 4.74 Å². The summed E-state index contributed by atoms with van der Waals surface area (Å²) in [5, 5.41) is 15.4. The van der Waals surface area contributed by atoms with E-state index in [9.17, 15) is 4.79 Å². The van der Waals surface area contributed by atoms with E-state index in [0.29, 0.717) is 11.3 Å². The summed E-state index contributed by atoms with van der Waals surface area (Å²) in [6.45, 7) is 7.31. The van der Waals surface area contributed by atoms with Gasteiger partial charge in [0.05, 0.1) is 12.7 Å². The van der Waals surface area contributed by atoms with Gasteiger partial charge in [0.25, 0.3) is 0 Å². The summed E-state index contributed by atoms with van der Waals surface area (Å²) in [6, 6.07) is 11.3. The predicted molar refractivity (Wildman–Crippen MR) is 108 cm³/mol. The molecule has 5 heteroatoms. The molecule has 0 fully saturated rings. The van der Waals surface area contributed by atoms with Crippen LogP contribution in [0.1, 0.15) is 49.2 Å². The Morgan fingerprint density at radius 3 is 2.41 bits per heavy atom. The van der Waals surface area contributed by atoms with Crippen molar-refractivity contribution in [1.82, 2.24) is 0 Å². The molecule has 0 aliphatic rings. The van der Waals surface area contributed by atoms with E-state index in [1.165, 1.54) is 14.0 Å². The standard InChI is InChI=1S/C22H26N2O3/c1-6-15-8-7-9-17(20(15)21(25)13(2)3)16-10-11-18(19(12-16)26-5)22(24)27-14(4)23/h7-13,23-24H,6H2,1-5H3. The second kappa shape index (κ2) is 8.62. The van der Waals surface area contributed by atoms with Gasteiger partial charge in [-0.2, -0.15) is 0 Å². The van der Waals surface area contributed by atoms with E-state index in [1.54, 1.807) is 12.1 Å². The molecule has 0 aromatic heterocycles. The molecule has 2 rings (SSSR count). The molecule has 0 saturated heterocycles. The summed E-state index contributed by atoms with van der Waals surface area (Å²) in [5.41, 5.74) is 3.91. The summed E-state index contributed by atoms with van der Waals surface area (Å²) in [7, 11) is 1.52. The van der Waals surface area contributed by atoms with Crippen LogP contribution in [-0.2, 0) is 11.2 Å². The van der Waals surface area contributed by atoms with Crippen LogP contribution in [0, 0.1) is 16.7 Å². The number of ether oxygens (including phenoxy) is 2. The van der Waals surface area contributed by atoms with E-state index in [2.05, 4.69) is 0 Å². The molecule has 0 radical (unpaired) electrons. The third kappa shape index (κ3) is 4.42. The minimum Gasteiger partial charge on any atom is -0.496 e. The van der Waals surface area contributed by atoms with Gasteiger partial charge in [-0.3, -0.25) is 15.6 Å². The van der Waals surface area contributed by atoms with Crippen LogP contribution in [0.3, 0.4) is 0 Å². The fourth-order valence-electron chi connectivity index (χ4n) is 2.97. The highest BCUT2D eigenvalue weighted by Gasteiger charge is 2.20. The summed E-state index contributed by atoms with van der Waals surface area (Å²) in [4.78, 5) is 12.9. The van der Waals surface area contributed by atoms with Crippen molar-refractivity contribution in [3.63, 3.8) is 0 Å². The number of aryl methyl sites for hydroxylation is 1. The van der Waals surface area contributed by atoms with Crippen molar-refractivity contribution >= 4 is 17.6 Å². The van der Waals surface area contributed by atoms with Gasteiger partial charge >= 0.3 is 0 Å². The lowest BCUT2D eigenvalue weighted by atomic mass is 9.87. The SMILES string of the molecule is CCc1cccc(-c2ccc(C(=N)OC(C)=N)c(OC)c2)c1C(=O)C(C)C. The first-order chi connectivity index (χ1) is 12.8. The van der Waals surface area contributed by atoms with Gasteiger partial charge in [-0.05, 0) is 35.2 Å². The molecule has 0 aliphatic carbocycles. The molecule has 0 amide bonds. The van der Waals surface area contributed by atoms with Crippen molar-refractivity contribution in [1.29, 1.82) is 10.8 Å². The topological polar surface area (TPSA) is 83.2 Å². The molecule has 0 atom stereocenters. The predicted octanol–water partition coefficient (Wildman–Crippen LogP) is 5.10. The Hall–Kier alpha value is -2.95. The Bertz CT molecular complexity index is 885. The lowest BCUT2D eigenvalue weighted by molar-refractivity contribution is 0.0939. The number of benzene rings is 2. The number of ketones is 1. The van der Waals surface area contributed by atoms with Crippen molar-refractivity contribution in [3.8, 4) is 16.9 Å². The van der Waals surface area contributed by atoms with Crippen molar-refractivity contribution in [3.05, 3.63) is 53.1 Å². The van der Waals surface area contributed by atoms with Crippen molar-refractivity contribution in [2.24, 2.45) is 5.92 Å². The summed E-state index contributed by atoms with van der Waals surface area (Å²) >= 11 is 0. The quantitative estimate of drug-likeness (QED) is 0.424. The zero-order chi connectivity index (χ0) is 20.1. The summed E-state index contributed by atoms with van der Waals surface area (Å²) in [5.74, 6) is 0.262. The van der Waals surface area contributed by atoms with Gasteiger partial charge in [0.2, 0.25) is 5.90 Å². The van der Waals surface area contributed by atoms with Crippen LogP contribution in [0.2, 0.25) is 0 Å². The van der Waals surface area contributed by atoms with Gasteiger partial charge < -0.3 is 9.47 Å². The Balaban J connectivity index is 2.61. The number of rotatable bonds is 6. The summed E-state index contributed by atoms with van der Waals surface area (Å²) in [6.07, 6.45) is 0.772. The summed E-state index contributed by atoms with van der Waals surface area (Å²) < 4.78 is 10.5. The average Bonchev–Trinajstić information content (AvgIpc) is 2.65. The van der Waals surface area contributed by atoms with Gasteiger partial charge in [0, 0.05) is 18.4 Å². The van der Waals surface area contributed by atoms with E-state index >= 15 is 0 Å². The third-order valence-corrected chi connectivity index (χ3v) is 4.31. The molecular formula is C22H26N2O3. The highest BCUT2D eigenvalue weighted by atomic mass is 16.5. The van der Waals surface area contributed by atoms with Crippen LogP contribution in [0.4, 0.5) is 0 Å². The average molecular weight is 366 g/mol. The first-order valence-electron chi connectivity index (χ1n) is 8.96. The van der Waals surface area contributed by atoms with Gasteiger partial charge in [-0.15, -0.1) is 0 Å². The molecule has 0 heterocycles. The highest BCUT2D eigenvalue weighted by Crippen LogP contribution is 2.33. The Morgan fingerprint density at radius 2 is 1.85 bits per heavy atom. The molecule has 2 aromatic carbocycles. The van der Waals surface area contributed by atoms with E-state index in [-0.39, 0.29) is 23.5 Å². The lowest BCUT2D eigenvalue weighted by Gasteiger charge is -2.17. The third-order valence-electron chi connectivity index (χ3n) is 4.31. The van der Waals surface area contributed by atoms with Crippen LogP contribution in [0.25, 0.3) is 11.1 Å². The maximum absolute atomic E-state index is 12.9. The van der Waals surface area contributed by atoms with Crippen LogP contribution in [0.5, 0.6) is 5.75 Å². The molecule has 0 spiro atoms. The number of Topliss-reactive ketones (excluding diaryl/α,β-unsaturated/α-hetero) is 1. The van der Waals surface area contributed by atoms with Gasteiger partial charge in [-0.25, -0.2) is 0 Å². The Labute approximate surface area is 160 Å². The maximum Gasteiger partial charge on any atom is 0.224 e. The molecule has 0 bridgehead atoms. The smallest absolute Gasteiger partial charge is 0.224 e. The molecule has 0 saturated carbocycles. The number of carbonyl (C=O) groups is 1. The lowest BCUT2D eigenvalue weighted by Crippen LogP contribution is -2.13. The maximum atomic E-state index is 12.9. The van der Waals surface area contributed by atoms with Gasteiger partial charge in [0.15, 0.2) is 11.7 Å².